The third-order valence-corrected chi connectivity index (χ3v) is 9.45. The molecular weight excluding hydrogens is 615 g/mol. The summed E-state index contributed by atoms with van der Waals surface area (Å²) in [6, 6.07) is 19.3. The van der Waals surface area contributed by atoms with E-state index >= 15 is 4.39 Å². The van der Waals surface area contributed by atoms with Crippen LogP contribution in [0.25, 0.3) is 5.76 Å². The van der Waals surface area contributed by atoms with Crippen molar-refractivity contribution in [2.45, 2.75) is 58.5 Å². The number of Topliss-reactive ketones (excluding diaryl/α,β-unsaturated/α-hetero) is 2. The maximum Gasteiger partial charge on any atom is 0.265 e. The van der Waals surface area contributed by atoms with Gasteiger partial charge in [0.15, 0.2) is 11.4 Å². The Balaban J connectivity index is 0.00000197. The third-order valence-electron chi connectivity index (χ3n) is 9.45. The number of ether oxygens (including phenoxy) is 2. The van der Waals surface area contributed by atoms with Crippen molar-refractivity contribution < 1.29 is 38.2 Å². The molecular formula is C38H39FN2O7. The molecule has 3 aliphatic rings. The Morgan fingerprint density at radius 3 is 2.17 bits per heavy atom. The summed E-state index contributed by atoms with van der Waals surface area (Å²) in [6.45, 7) is 5.89. The molecule has 0 spiro atoms. The molecule has 4 aromatic rings. The van der Waals surface area contributed by atoms with Crippen LogP contribution >= 0.6 is 0 Å². The van der Waals surface area contributed by atoms with Gasteiger partial charge in [-0.05, 0) is 67.7 Å². The van der Waals surface area contributed by atoms with Crippen molar-refractivity contribution >= 4 is 17.3 Å². The number of halogens is 1. The molecule has 0 saturated heterocycles. The van der Waals surface area contributed by atoms with Crippen LogP contribution in [0.3, 0.4) is 0 Å². The number of hydrogen-bond acceptors (Lipinski definition) is 9. The summed E-state index contributed by atoms with van der Waals surface area (Å²) in [6.07, 6.45) is 0.174. The van der Waals surface area contributed by atoms with Crippen molar-refractivity contribution in [2.75, 3.05) is 14.1 Å². The molecule has 0 unspecified atom stereocenters. The molecule has 1 fully saturated rings. The summed E-state index contributed by atoms with van der Waals surface area (Å²) in [5, 5.41) is 28.1. The first-order valence-electron chi connectivity index (χ1n) is 16.2. The van der Waals surface area contributed by atoms with Gasteiger partial charge in [-0.25, -0.2) is 4.39 Å². The van der Waals surface area contributed by atoms with Gasteiger partial charge in [0.05, 0.1) is 11.6 Å². The minimum atomic E-state index is -2.55. The van der Waals surface area contributed by atoms with Crippen molar-refractivity contribution in [3.8, 4) is 11.6 Å². The van der Waals surface area contributed by atoms with E-state index in [0.29, 0.717) is 5.56 Å². The van der Waals surface area contributed by atoms with Gasteiger partial charge in [0.1, 0.15) is 36.1 Å². The quantitative estimate of drug-likeness (QED) is 0.213. The van der Waals surface area contributed by atoms with Crippen LogP contribution in [-0.4, -0.2) is 51.5 Å². The molecule has 10 heteroatoms. The minimum Gasteiger partial charge on any atom is -0.507 e. The lowest BCUT2D eigenvalue weighted by atomic mass is 9.57. The van der Waals surface area contributed by atoms with Crippen LogP contribution in [0.1, 0.15) is 70.2 Å². The highest BCUT2D eigenvalue weighted by atomic mass is 19.1. The molecule has 3 aliphatic carbocycles. The number of benzene rings is 3. The van der Waals surface area contributed by atoms with Gasteiger partial charge in [-0.1, -0.05) is 74.5 Å². The molecule has 0 radical (unpaired) electrons. The molecule has 48 heavy (non-hydrogen) atoms. The summed E-state index contributed by atoms with van der Waals surface area (Å²) in [7, 11) is 3.50. The summed E-state index contributed by atoms with van der Waals surface area (Å²) < 4.78 is 33.2. The highest BCUT2D eigenvalue weighted by Gasteiger charge is 2.65. The van der Waals surface area contributed by atoms with E-state index in [1.807, 2.05) is 74.5 Å². The van der Waals surface area contributed by atoms with E-state index in [-0.39, 0.29) is 65.7 Å². The van der Waals surface area contributed by atoms with E-state index in [4.69, 9.17) is 14.0 Å². The van der Waals surface area contributed by atoms with Gasteiger partial charge in [0.2, 0.25) is 11.6 Å². The molecule has 1 aromatic heterocycles. The first-order chi connectivity index (χ1) is 23.1. The minimum absolute atomic E-state index is 0.0695. The van der Waals surface area contributed by atoms with Gasteiger partial charge in [-0.15, -0.1) is 0 Å². The second kappa shape index (κ2) is 13.0. The number of fused-ring (bicyclic) bond motifs is 4. The zero-order chi connectivity index (χ0) is 34.3. The number of aryl methyl sites for hydroxylation is 1. The van der Waals surface area contributed by atoms with Crippen molar-refractivity contribution in [3.05, 3.63) is 117 Å². The van der Waals surface area contributed by atoms with Crippen LogP contribution < -0.4 is 9.47 Å². The van der Waals surface area contributed by atoms with Crippen molar-refractivity contribution in [1.29, 1.82) is 0 Å². The smallest absolute Gasteiger partial charge is 0.265 e. The average molecular weight is 655 g/mol. The second-order valence-corrected chi connectivity index (χ2v) is 12.5. The number of carbonyl (C=O) groups excluding carboxylic acids is 2. The first-order valence-corrected chi connectivity index (χ1v) is 16.2. The van der Waals surface area contributed by atoms with Gasteiger partial charge < -0.3 is 24.2 Å². The fourth-order valence-corrected chi connectivity index (χ4v) is 7.30. The number of rotatable bonds is 7. The van der Waals surface area contributed by atoms with Gasteiger partial charge in [0, 0.05) is 17.1 Å². The molecule has 9 nitrogen and oxygen atoms in total. The van der Waals surface area contributed by atoms with Crippen LogP contribution in [0, 0.1) is 24.6 Å². The SMILES string of the molecule is CC.Cc1cc(F)c2c(c1OCc1ccccc1)C(O)=C1C(=O)[C@]3(O)C(=O)c4c(OCc5ccccc5)noc4[C@@H](N(C)C)[C@@H]3C[C@@H]1C2. The van der Waals surface area contributed by atoms with Crippen LogP contribution in [-0.2, 0) is 24.4 Å². The fraction of sp³-hybridized carbons (Fsp3) is 0.342. The Hall–Kier alpha value is -4.80. The van der Waals surface area contributed by atoms with E-state index in [0.717, 1.165) is 11.1 Å². The van der Waals surface area contributed by atoms with Crippen molar-refractivity contribution in [1.82, 2.24) is 10.1 Å². The standard InChI is InChI=1S/C36H33FN2O7.C2H6/c1-19-14-25(37)23-15-22-16-24-29(39(2)3)32-28(35(38-46-32)45-18-21-12-8-5-9-13-21)34(42)36(24,43)33(41)26(22)30(40)27(23)31(19)44-17-20-10-6-4-7-11-20;1-2/h4-14,22,24,29,40,43H,15-18H2,1-3H3;1-2H3/t22-,24-,29-,36-;/m0./s1. The lowest BCUT2D eigenvalue weighted by molar-refractivity contribution is -0.142. The Morgan fingerprint density at radius 1 is 0.958 bits per heavy atom. The van der Waals surface area contributed by atoms with E-state index in [2.05, 4.69) is 5.16 Å². The Kier molecular flexibility index (Phi) is 8.98. The molecule has 2 N–H and O–H groups in total. The summed E-state index contributed by atoms with van der Waals surface area (Å²) >= 11 is 0. The number of nitrogens with zero attached hydrogens (tertiary/aromatic N) is 2. The zero-order valence-electron chi connectivity index (χ0n) is 27.6. The first kappa shape index (κ1) is 33.1. The van der Waals surface area contributed by atoms with E-state index in [1.54, 1.807) is 25.9 Å². The van der Waals surface area contributed by atoms with Gasteiger partial charge in [-0.2, -0.15) is 0 Å². The molecule has 7 rings (SSSR count). The topological polar surface area (TPSA) is 122 Å². The molecule has 4 atom stereocenters. The molecule has 0 amide bonds. The summed E-state index contributed by atoms with van der Waals surface area (Å²) in [4.78, 5) is 30.5. The number of aromatic nitrogens is 1. The van der Waals surface area contributed by atoms with Gasteiger partial charge in [-0.3, -0.25) is 14.5 Å². The van der Waals surface area contributed by atoms with Crippen LogP contribution in [0.4, 0.5) is 4.39 Å². The van der Waals surface area contributed by atoms with E-state index in [9.17, 15) is 19.8 Å². The zero-order valence-corrected chi connectivity index (χ0v) is 27.6. The maximum atomic E-state index is 15.6. The van der Waals surface area contributed by atoms with Crippen LogP contribution in [0.2, 0.25) is 0 Å². The van der Waals surface area contributed by atoms with E-state index < -0.39 is 46.6 Å². The molecule has 3 aromatic carbocycles. The fourth-order valence-electron chi connectivity index (χ4n) is 7.30. The molecule has 0 bridgehead atoms. The molecule has 1 saturated carbocycles. The molecule has 0 aliphatic heterocycles. The summed E-state index contributed by atoms with van der Waals surface area (Å²) in [5.41, 5.74) is -0.355. The number of ketones is 2. The Bertz CT molecular complexity index is 1890. The van der Waals surface area contributed by atoms with Crippen molar-refractivity contribution in [3.63, 3.8) is 0 Å². The van der Waals surface area contributed by atoms with E-state index in [1.165, 1.54) is 6.07 Å². The van der Waals surface area contributed by atoms with Crippen LogP contribution in [0.5, 0.6) is 11.6 Å². The highest BCUT2D eigenvalue weighted by molar-refractivity contribution is 6.26. The number of hydrogen-bond donors (Lipinski definition) is 2. The number of aliphatic hydroxyl groups is 2. The van der Waals surface area contributed by atoms with Gasteiger partial charge in [0.25, 0.3) is 5.88 Å². The number of carbonyl (C=O) groups is 2. The van der Waals surface area contributed by atoms with Crippen molar-refractivity contribution in [2.24, 2.45) is 11.8 Å². The average Bonchev–Trinajstić information content (AvgIpc) is 3.50. The number of aliphatic hydroxyl groups excluding tert-OH is 1. The monoisotopic (exact) mass is 654 g/mol. The highest BCUT2D eigenvalue weighted by Crippen LogP contribution is 2.56. The predicted octanol–water partition coefficient (Wildman–Crippen LogP) is 6.57. The summed E-state index contributed by atoms with van der Waals surface area (Å²) in [5.74, 6) is -4.17. The Labute approximate surface area is 278 Å². The Morgan fingerprint density at radius 2 is 1.56 bits per heavy atom. The van der Waals surface area contributed by atoms with Crippen LogP contribution in [0.15, 0.2) is 76.8 Å². The lowest BCUT2D eigenvalue weighted by Crippen LogP contribution is -2.63. The largest absolute Gasteiger partial charge is 0.507 e. The predicted molar refractivity (Wildman–Crippen MR) is 176 cm³/mol. The second-order valence-electron chi connectivity index (χ2n) is 12.5. The third kappa shape index (κ3) is 5.29. The molecule has 250 valence electrons. The molecule has 1 heterocycles. The normalized spacial score (nSPS) is 22.6. The lowest BCUT2D eigenvalue weighted by Gasteiger charge is -2.49. The van der Waals surface area contributed by atoms with Gasteiger partial charge >= 0.3 is 0 Å². The maximum absolute atomic E-state index is 15.6.